The summed E-state index contributed by atoms with van der Waals surface area (Å²) in [4.78, 5) is 0. The van der Waals surface area contributed by atoms with Crippen LogP contribution >= 0.6 is 22.9 Å². The van der Waals surface area contributed by atoms with Crippen molar-refractivity contribution in [2.24, 2.45) is 7.05 Å². The molecule has 0 spiro atoms. The molecule has 1 N–H and O–H groups in total. The summed E-state index contributed by atoms with van der Waals surface area (Å²) in [6.07, 6.45) is 0.851. The van der Waals surface area contributed by atoms with E-state index in [9.17, 15) is 0 Å². The van der Waals surface area contributed by atoms with Crippen LogP contribution in [0, 0.1) is 6.92 Å². The van der Waals surface area contributed by atoms with Gasteiger partial charge in [-0.15, -0.1) is 0 Å². The fourth-order valence-electron chi connectivity index (χ4n) is 1.96. The molecule has 0 aromatic carbocycles. The molecule has 0 saturated heterocycles. The Morgan fingerprint density at radius 1 is 1.59 bits per heavy atom. The zero-order valence-corrected chi connectivity index (χ0v) is 11.8. The van der Waals surface area contributed by atoms with Gasteiger partial charge in [-0.2, -0.15) is 16.4 Å². The van der Waals surface area contributed by atoms with Gasteiger partial charge in [-0.1, -0.05) is 11.6 Å². The molecule has 0 amide bonds. The quantitative estimate of drug-likeness (QED) is 0.925. The number of rotatable bonds is 4. The first-order valence-corrected chi connectivity index (χ1v) is 6.83. The Labute approximate surface area is 110 Å². The molecule has 0 bridgehead atoms. The van der Waals surface area contributed by atoms with Crippen molar-refractivity contribution in [3.05, 3.63) is 38.8 Å². The smallest absolute Gasteiger partial charge is 0.0847 e. The molecule has 2 aromatic rings. The van der Waals surface area contributed by atoms with Gasteiger partial charge in [0.2, 0.25) is 0 Å². The summed E-state index contributed by atoms with van der Waals surface area (Å²) in [6, 6.07) is 2.43. The van der Waals surface area contributed by atoms with Crippen LogP contribution < -0.4 is 5.32 Å². The lowest BCUT2D eigenvalue weighted by atomic mass is 10.1. The molecular formula is C12H16ClN3S. The second-order valence-electron chi connectivity index (χ2n) is 4.07. The van der Waals surface area contributed by atoms with E-state index >= 15 is 0 Å². The van der Waals surface area contributed by atoms with Crippen LogP contribution in [0.4, 0.5) is 0 Å². The second kappa shape index (κ2) is 5.21. The zero-order valence-electron chi connectivity index (χ0n) is 10.2. The molecule has 5 heteroatoms. The predicted octanol–water partition coefficient (Wildman–Crippen LogP) is 2.95. The normalized spacial score (nSPS) is 12.9. The van der Waals surface area contributed by atoms with Gasteiger partial charge in [0.15, 0.2) is 0 Å². The molecule has 92 valence electrons. The molecule has 0 aliphatic carbocycles. The van der Waals surface area contributed by atoms with Crippen molar-refractivity contribution in [3.63, 3.8) is 0 Å². The van der Waals surface area contributed by atoms with E-state index in [4.69, 9.17) is 11.6 Å². The van der Waals surface area contributed by atoms with Gasteiger partial charge in [-0.05, 0) is 36.4 Å². The second-order valence-corrected chi connectivity index (χ2v) is 5.23. The van der Waals surface area contributed by atoms with Gasteiger partial charge in [0.05, 0.1) is 16.4 Å². The summed E-state index contributed by atoms with van der Waals surface area (Å²) in [6.45, 7) is 1.94. The summed E-state index contributed by atoms with van der Waals surface area (Å²) in [5.41, 5.74) is 3.27. The van der Waals surface area contributed by atoms with Crippen molar-refractivity contribution >= 4 is 22.9 Å². The molecule has 2 heterocycles. The molecule has 1 atom stereocenters. The number of aromatic nitrogens is 2. The zero-order chi connectivity index (χ0) is 12.4. The Bertz CT molecular complexity index is 490. The van der Waals surface area contributed by atoms with Crippen molar-refractivity contribution in [2.45, 2.75) is 19.4 Å². The first-order chi connectivity index (χ1) is 8.13. The fourth-order valence-corrected chi connectivity index (χ4v) is 2.91. The minimum absolute atomic E-state index is 0.286. The van der Waals surface area contributed by atoms with E-state index in [1.807, 2.05) is 25.7 Å². The first-order valence-electron chi connectivity index (χ1n) is 5.50. The van der Waals surface area contributed by atoms with E-state index in [-0.39, 0.29) is 6.04 Å². The van der Waals surface area contributed by atoms with E-state index in [0.29, 0.717) is 0 Å². The molecule has 0 aliphatic rings. The number of aryl methyl sites for hydroxylation is 2. The lowest BCUT2D eigenvalue weighted by Crippen LogP contribution is -2.19. The molecule has 1 unspecified atom stereocenters. The van der Waals surface area contributed by atoms with E-state index in [0.717, 1.165) is 22.8 Å². The number of hydrogen-bond donors (Lipinski definition) is 1. The average molecular weight is 270 g/mol. The van der Waals surface area contributed by atoms with Crippen LogP contribution in [-0.4, -0.2) is 16.8 Å². The summed E-state index contributed by atoms with van der Waals surface area (Å²) in [5, 5.41) is 12.7. The van der Waals surface area contributed by atoms with Crippen LogP contribution in [0.15, 0.2) is 16.8 Å². The Morgan fingerprint density at radius 2 is 2.35 bits per heavy atom. The van der Waals surface area contributed by atoms with Crippen molar-refractivity contribution in [3.8, 4) is 0 Å². The topological polar surface area (TPSA) is 29.9 Å². The lowest BCUT2D eigenvalue weighted by molar-refractivity contribution is 0.563. The number of likely N-dealkylation sites (N-methyl/N-ethyl adjacent to an activating group) is 1. The molecule has 2 aromatic heterocycles. The van der Waals surface area contributed by atoms with E-state index in [1.165, 1.54) is 5.56 Å². The van der Waals surface area contributed by atoms with Gasteiger partial charge < -0.3 is 5.32 Å². The third-order valence-electron chi connectivity index (χ3n) is 2.95. The molecule has 0 fully saturated rings. The summed E-state index contributed by atoms with van der Waals surface area (Å²) in [7, 11) is 3.91. The monoisotopic (exact) mass is 269 g/mol. The first kappa shape index (κ1) is 12.6. The summed E-state index contributed by atoms with van der Waals surface area (Å²) < 4.78 is 1.87. The molecular weight excluding hydrogens is 254 g/mol. The largest absolute Gasteiger partial charge is 0.313 e. The standard InChI is InChI=1S/C12H16ClN3S/c1-8-12(13)11(16(3)15-8)6-10(14-2)9-4-5-17-7-9/h4-5,7,10,14H,6H2,1-3H3. The molecule has 0 saturated carbocycles. The van der Waals surface area contributed by atoms with Crippen molar-refractivity contribution in [1.82, 2.24) is 15.1 Å². The van der Waals surface area contributed by atoms with E-state index in [1.54, 1.807) is 11.3 Å². The van der Waals surface area contributed by atoms with Gasteiger partial charge in [0.25, 0.3) is 0 Å². The van der Waals surface area contributed by atoms with Crippen LogP contribution in [0.25, 0.3) is 0 Å². The number of hydrogen-bond acceptors (Lipinski definition) is 3. The van der Waals surface area contributed by atoms with Crippen molar-refractivity contribution < 1.29 is 0 Å². The third kappa shape index (κ3) is 2.54. The van der Waals surface area contributed by atoms with Gasteiger partial charge in [0.1, 0.15) is 0 Å². The average Bonchev–Trinajstić information content (AvgIpc) is 2.89. The minimum atomic E-state index is 0.286. The maximum absolute atomic E-state index is 6.27. The SMILES string of the molecule is CNC(Cc1c(Cl)c(C)nn1C)c1ccsc1. The van der Waals surface area contributed by atoms with Crippen molar-refractivity contribution in [1.29, 1.82) is 0 Å². The Kier molecular flexibility index (Phi) is 3.86. The summed E-state index contributed by atoms with van der Waals surface area (Å²) in [5.74, 6) is 0. The molecule has 0 aliphatic heterocycles. The lowest BCUT2D eigenvalue weighted by Gasteiger charge is -2.15. The molecule has 0 radical (unpaired) electrons. The van der Waals surface area contributed by atoms with Crippen LogP contribution in [0.5, 0.6) is 0 Å². The van der Waals surface area contributed by atoms with Gasteiger partial charge in [0, 0.05) is 19.5 Å². The third-order valence-corrected chi connectivity index (χ3v) is 4.15. The van der Waals surface area contributed by atoms with Gasteiger partial charge in [-0.25, -0.2) is 0 Å². The number of nitrogens with zero attached hydrogens (tertiary/aromatic N) is 2. The number of thiophene rings is 1. The van der Waals surface area contributed by atoms with E-state index in [2.05, 4.69) is 27.2 Å². The molecule has 3 nitrogen and oxygen atoms in total. The number of nitrogens with one attached hydrogen (secondary N) is 1. The Morgan fingerprint density at radius 3 is 2.82 bits per heavy atom. The highest BCUT2D eigenvalue weighted by Crippen LogP contribution is 2.26. The minimum Gasteiger partial charge on any atom is -0.313 e. The van der Waals surface area contributed by atoms with Crippen molar-refractivity contribution in [2.75, 3.05) is 7.05 Å². The van der Waals surface area contributed by atoms with Crippen LogP contribution in [0.1, 0.15) is 23.0 Å². The maximum Gasteiger partial charge on any atom is 0.0847 e. The highest BCUT2D eigenvalue weighted by molar-refractivity contribution is 7.07. The van der Waals surface area contributed by atoms with Crippen LogP contribution in [0.3, 0.4) is 0 Å². The highest BCUT2D eigenvalue weighted by atomic mass is 35.5. The van der Waals surface area contributed by atoms with Crippen LogP contribution in [0.2, 0.25) is 5.02 Å². The maximum atomic E-state index is 6.27. The molecule has 17 heavy (non-hydrogen) atoms. The number of halogens is 1. The van der Waals surface area contributed by atoms with Crippen LogP contribution in [-0.2, 0) is 13.5 Å². The predicted molar refractivity (Wildman–Crippen MR) is 72.8 cm³/mol. The molecule has 2 rings (SSSR count). The Hall–Kier alpha value is -0.840. The fraction of sp³-hybridized carbons (Fsp3) is 0.417. The summed E-state index contributed by atoms with van der Waals surface area (Å²) >= 11 is 7.98. The highest BCUT2D eigenvalue weighted by Gasteiger charge is 2.17. The van der Waals surface area contributed by atoms with E-state index < -0.39 is 0 Å². The van der Waals surface area contributed by atoms with Gasteiger partial charge in [-0.3, -0.25) is 4.68 Å². The van der Waals surface area contributed by atoms with Gasteiger partial charge >= 0.3 is 0 Å². The Balaban J connectivity index is 2.24.